The zero-order chi connectivity index (χ0) is 13.2. The van der Waals surface area contributed by atoms with Crippen LogP contribution in [0.25, 0.3) is 11.6 Å². The molecule has 0 saturated carbocycles. The van der Waals surface area contributed by atoms with Crippen molar-refractivity contribution in [1.29, 1.82) is 0 Å². The summed E-state index contributed by atoms with van der Waals surface area (Å²) in [4.78, 5) is 10.1. The highest BCUT2D eigenvalue weighted by atomic mass is 32.1. The average molecular weight is 279 g/mol. The van der Waals surface area contributed by atoms with Gasteiger partial charge in [-0.05, 0) is 18.8 Å². The number of aromatic nitrogens is 3. The van der Waals surface area contributed by atoms with Gasteiger partial charge in [-0.15, -0.1) is 11.3 Å². The minimum absolute atomic E-state index is 0.354. The molecule has 1 aliphatic heterocycles. The maximum Gasteiger partial charge on any atom is 0.277 e. The summed E-state index contributed by atoms with van der Waals surface area (Å²) in [5.74, 6) is 2.11. The molecule has 3 heterocycles. The molecule has 0 unspecified atom stereocenters. The van der Waals surface area contributed by atoms with E-state index in [0.717, 1.165) is 37.6 Å². The summed E-state index contributed by atoms with van der Waals surface area (Å²) >= 11 is 1.64. The van der Waals surface area contributed by atoms with Crippen LogP contribution in [0.5, 0.6) is 0 Å². The summed E-state index contributed by atoms with van der Waals surface area (Å²) in [5, 5.41) is 4.12. The van der Waals surface area contributed by atoms with Gasteiger partial charge in [-0.2, -0.15) is 4.98 Å². The van der Waals surface area contributed by atoms with Crippen LogP contribution in [-0.4, -0.2) is 28.3 Å². The Labute approximate surface area is 116 Å². The first-order valence-electron chi connectivity index (χ1n) is 6.61. The van der Waals surface area contributed by atoms with Gasteiger partial charge in [-0.3, -0.25) is 0 Å². The first-order valence-corrected chi connectivity index (χ1v) is 7.48. The highest BCUT2D eigenvalue weighted by Gasteiger charge is 2.24. The highest BCUT2D eigenvalue weighted by Crippen LogP contribution is 2.32. The van der Waals surface area contributed by atoms with Crippen LogP contribution in [0.4, 0.5) is 0 Å². The second kappa shape index (κ2) is 5.38. The third kappa shape index (κ3) is 2.55. The lowest BCUT2D eigenvalue weighted by molar-refractivity contribution is 0.0830. The van der Waals surface area contributed by atoms with Crippen molar-refractivity contribution >= 4 is 11.3 Å². The van der Waals surface area contributed by atoms with Crippen molar-refractivity contribution in [3.05, 3.63) is 16.2 Å². The van der Waals surface area contributed by atoms with Crippen molar-refractivity contribution in [3.63, 3.8) is 0 Å². The van der Waals surface area contributed by atoms with Crippen molar-refractivity contribution in [2.75, 3.05) is 13.2 Å². The molecule has 2 aromatic rings. The van der Waals surface area contributed by atoms with Gasteiger partial charge in [-0.1, -0.05) is 19.0 Å². The van der Waals surface area contributed by atoms with Crippen LogP contribution in [0, 0.1) is 0 Å². The minimum Gasteiger partial charge on any atom is -0.381 e. The molecule has 6 heteroatoms. The Balaban J connectivity index is 1.86. The molecule has 2 aromatic heterocycles. The molecule has 0 aliphatic carbocycles. The van der Waals surface area contributed by atoms with E-state index >= 15 is 0 Å². The molecule has 1 saturated heterocycles. The van der Waals surface area contributed by atoms with Gasteiger partial charge in [-0.25, -0.2) is 4.98 Å². The molecule has 3 rings (SSSR count). The molecule has 1 aliphatic rings. The second-order valence-corrected chi connectivity index (χ2v) is 5.95. The van der Waals surface area contributed by atoms with Crippen molar-refractivity contribution in [2.24, 2.45) is 0 Å². The SMILES string of the molecule is CC(C)c1scnc1-c1nc(C2CCOCC2)no1. The van der Waals surface area contributed by atoms with Crippen LogP contribution >= 0.6 is 11.3 Å². The number of nitrogens with zero attached hydrogens (tertiary/aromatic N) is 3. The molecule has 0 bridgehead atoms. The maximum atomic E-state index is 5.40. The summed E-state index contributed by atoms with van der Waals surface area (Å²) in [6.07, 6.45) is 1.93. The summed E-state index contributed by atoms with van der Waals surface area (Å²) in [6, 6.07) is 0. The third-order valence-corrected chi connectivity index (χ3v) is 4.48. The number of rotatable bonds is 3. The lowest BCUT2D eigenvalue weighted by Crippen LogP contribution is -2.15. The molecule has 1 fully saturated rings. The molecule has 5 nitrogen and oxygen atoms in total. The largest absolute Gasteiger partial charge is 0.381 e. The summed E-state index contributed by atoms with van der Waals surface area (Å²) in [5.41, 5.74) is 2.68. The zero-order valence-corrected chi connectivity index (χ0v) is 11.9. The molecule has 0 spiro atoms. The Morgan fingerprint density at radius 2 is 2.11 bits per heavy atom. The van der Waals surface area contributed by atoms with Crippen molar-refractivity contribution in [1.82, 2.24) is 15.1 Å². The molecule has 102 valence electrons. The van der Waals surface area contributed by atoms with Crippen LogP contribution in [0.3, 0.4) is 0 Å². The molecule has 0 atom stereocenters. The monoisotopic (exact) mass is 279 g/mol. The van der Waals surface area contributed by atoms with Gasteiger partial charge in [0.15, 0.2) is 5.82 Å². The van der Waals surface area contributed by atoms with E-state index in [-0.39, 0.29) is 0 Å². The summed E-state index contributed by atoms with van der Waals surface area (Å²) in [6.45, 7) is 5.85. The van der Waals surface area contributed by atoms with E-state index < -0.39 is 0 Å². The first-order chi connectivity index (χ1) is 9.25. The molecule has 0 aromatic carbocycles. The Hall–Kier alpha value is -1.27. The van der Waals surface area contributed by atoms with Crippen molar-refractivity contribution in [3.8, 4) is 11.6 Å². The van der Waals surface area contributed by atoms with Crippen LogP contribution in [0.15, 0.2) is 10.0 Å². The quantitative estimate of drug-likeness (QED) is 0.863. The topological polar surface area (TPSA) is 61.0 Å². The van der Waals surface area contributed by atoms with Gasteiger partial charge >= 0.3 is 0 Å². The van der Waals surface area contributed by atoms with Crippen molar-refractivity contribution < 1.29 is 9.26 Å². The van der Waals surface area contributed by atoms with E-state index in [0.29, 0.717) is 17.7 Å². The van der Waals surface area contributed by atoms with E-state index in [1.54, 1.807) is 11.3 Å². The van der Waals surface area contributed by atoms with E-state index in [2.05, 4.69) is 29.0 Å². The maximum absolute atomic E-state index is 5.40. The molecule has 0 amide bonds. The van der Waals surface area contributed by atoms with Gasteiger partial charge in [0.1, 0.15) is 5.69 Å². The lowest BCUT2D eigenvalue weighted by Gasteiger charge is -2.18. The second-order valence-electron chi connectivity index (χ2n) is 5.06. The molecule has 0 radical (unpaired) electrons. The normalized spacial score (nSPS) is 17.2. The van der Waals surface area contributed by atoms with Gasteiger partial charge in [0.2, 0.25) is 0 Å². The number of thiazole rings is 1. The van der Waals surface area contributed by atoms with Crippen LogP contribution in [0.2, 0.25) is 0 Å². The first kappa shape index (κ1) is 12.7. The Kier molecular flexibility index (Phi) is 3.61. The van der Waals surface area contributed by atoms with E-state index in [1.807, 2.05) is 5.51 Å². The Morgan fingerprint density at radius 1 is 1.32 bits per heavy atom. The molecular formula is C13H17N3O2S. The fourth-order valence-electron chi connectivity index (χ4n) is 2.28. The summed E-state index contributed by atoms with van der Waals surface area (Å²) < 4.78 is 10.7. The third-order valence-electron chi connectivity index (χ3n) is 3.35. The Morgan fingerprint density at radius 3 is 2.84 bits per heavy atom. The van der Waals surface area contributed by atoms with Crippen LogP contribution < -0.4 is 0 Å². The van der Waals surface area contributed by atoms with Crippen LogP contribution in [0.1, 0.15) is 49.2 Å². The number of hydrogen-bond acceptors (Lipinski definition) is 6. The van der Waals surface area contributed by atoms with Gasteiger partial charge in [0, 0.05) is 24.0 Å². The number of ether oxygens (including phenoxy) is 1. The predicted molar refractivity (Wildman–Crippen MR) is 72.3 cm³/mol. The highest BCUT2D eigenvalue weighted by molar-refractivity contribution is 7.10. The lowest BCUT2D eigenvalue weighted by atomic mass is 10.00. The predicted octanol–water partition coefficient (Wildman–Crippen LogP) is 3.21. The standard InChI is InChI=1S/C13H17N3O2S/c1-8(2)11-10(14-7-19-11)13-15-12(16-18-13)9-3-5-17-6-4-9/h7-9H,3-6H2,1-2H3. The minimum atomic E-state index is 0.354. The fourth-order valence-corrected chi connectivity index (χ4v) is 3.07. The molecule has 19 heavy (non-hydrogen) atoms. The van der Waals surface area contributed by atoms with E-state index in [4.69, 9.17) is 9.26 Å². The molecule has 0 N–H and O–H groups in total. The smallest absolute Gasteiger partial charge is 0.277 e. The van der Waals surface area contributed by atoms with Crippen LogP contribution in [-0.2, 0) is 4.74 Å². The van der Waals surface area contributed by atoms with Gasteiger partial charge < -0.3 is 9.26 Å². The summed E-state index contributed by atoms with van der Waals surface area (Å²) in [7, 11) is 0. The zero-order valence-electron chi connectivity index (χ0n) is 11.1. The van der Waals surface area contributed by atoms with Gasteiger partial charge in [0.05, 0.1) is 5.51 Å². The van der Waals surface area contributed by atoms with Crippen molar-refractivity contribution in [2.45, 2.75) is 38.5 Å². The van der Waals surface area contributed by atoms with E-state index in [9.17, 15) is 0 Å². The van der Waals surface area contributed by atoms with Gasteiger partial charge in [0.25, 0.3) is 5.89 Å². The fraction of sp³-hybridized carbons (Fsp3) is 0.615. The Bertz CT molecular complexity index is 544. The number of hydrogen-bond donors (Lipinski definition) is 0. The average Bonchev–Trinajstić information content (AvgIpc) is 3.08. The van der Waals surface area contributed by atoms with E-state index in [1.165, 1.54) is 4.88 Å². The molecular weight excluding hydrogens is 262 g/mol.